The van der Waals surface area contributed by atoms with Crippen LogP contribution in [0.3, 0.4) is 0 Å². The van der Waals surface area contributed by atoms with Crippen molar-refractivity contribution in [2.24, 2.45) is 17.8 Å². The van der Waals surface area contributed by atoms with Gasteiger partial charge in [-0.1, -0.05) is 36.4 Å². The molecule has 4 aliphatic rings. The van der Waals surface area contributed by atoms with Gasteiger partial charge in [-0.3, -0.25) is 4.79 Å². The van der Waals surface area contributed by atoms with Crippen LogP contribution < -0.4 is 0 Å². The number of ketones is 1. The van der Waals surface area contributed by atoms with Gasteiger partial charge in [-0.05, 0) is 5.56 Å². The van der Waals surface area contributed by atoms with Crippen molar-refractivity contribution >= 4 is 11.8 Å². The summed E-state index contributed by atoms with van der Waals surface area (Å²) in [4.78, 5) is 25.3. The van der Waals surface area contributed by atoms with Crippen LogP contribution in [0.2, 0.25) is 0 Å². The Morgan fingerprint density at radius 2 is 2.00 bits per heavy atom. The molecule has 5 unspecified atom stereocenters. The quantitative estimate of drug-likeness (QED) is 0.795. The molecule has 120 valence electrons. The molecule has 0 spiro atoms. The van der Waals surface area contributed by atoms with Crippen LogP contribution in [0.15, 0.2) is 42.0 Å². The molecular formula is C18H18O5. The zero-order valence-corrected chi connectivity index (χ0v) is 13.0. The highest BCUT2D eigenvalue weighted by Gasteiger charge is 2.68. The van der Waals surface area contributed by atoms with E-state index in [0.29, 0.717) is 12.2 Å². The van der Waals surface area contributed by atoms with Crippen molar-refractivity contribution in [3.8, 4) is 0 Å². The Morgan fingerprint density at radius 3 is 2.65 bits per heavy atom. The molecule has 0 aromatic heterocycles. The summed E-state index contributed by atoms with van der Waals surface area (Å²) in [5.74, 6) is -2.66. The van der Waals surface area contributed by atoms with E-state index in [1.807, 2.05) is 36.4 Å². The number of rotatable bonds is 3. The number of hydrogen-bond acceptors (Lipinski definition) is 5. The molecule has 1 saturated carbocycles. The lowest BCUT2D eigenvalue weighted by molar-refractivity contribution is -0.216. The van der Waals surface area contributed by atoms with Gasteiger partial charge in [-0.2, -0.15) is 0 Å². The molecule has 0 radical (unpaired) electrons. The molecule has 1 heterocycles. The molecule has 5 nitrogen and oxygen atoms in total. The van der Waals surface area contributed by atoms with E-state index in [4.69, 9.17) is 14.2 Å². The highest BCUT2D eigenvalue weighted by Crippen LogP contribution is 2.60. The van der Waals surface area contributed by atoms with Crippen LogP contribution >= 0.6 is 0 Å². The SMILES string of the molecule is COC(=O)C1=CC2C3COC2(OC)C(=O)C1C3c1ccccc1. The highest BCUT2D eigenvalue weighted by molar-refractivity contribution is 6.04. The van der Waals surface area contributed by atoms with Crippen LogP contribution in [-0.2, 0) is 23.8 Å². The fraction of sp³-hybridized carbons (Fsp3) is 0.444. The maximum Gasteiger partial charge on any atom is 0.334 e. The van der Waals surface area contributed by atoms with Crippen molar-refractivity contribution in [2.75, 3.05) is 20.8 Å². The maximum atomic E-state index is 13.1. The minimum atomic E-state index is -1.24. The van der Waals surface area contributed by atoms with Gasteiger partial charge in [0.25, 0.3) is 0 Å². The number of carbonyl (C=O) groups is 2. The molecule has 0 N–H and O–H groups in total. The first-order valence-corrected chi connectivity index (χ1v) is 7.72. The zero-order chi connectivity index (χ0) is 16.2. The Kier molecular flexibility index (Phi) is 3.18. The molecule has 5 atom stereocenters. The molecule has 2 fully saturated rings. The van der Waals surface area contributed by atoms with Gasteiger partial charge in [0, 0.05) is 30.4 Å². The summed E-state index contributed by atoms with van der Waals surface area (Å²) in [7, 11) is 2.83. The topological polar surface area (TPSA) is 61.8 Å². The van der Waals surface area contributed by atoms with E-state index in [1.165, 1.54) is 14.2 Å². The van der Waals surface area contributed by atoms with Gasteiger partial charge >= 0.3 is 5.97 Å². The van der Waals surface area contributed by atoms with Gasteiger partial charge in [0.15, 0.2) is 0 Å². The van der Waals surface area contributed by atoms with Gasteiger partial charge in [0.05, 0.1) is 19.6 Å². The number of carbonyl (C=O) groups excluding carboxylic acids is 2. The Morgan fingerprint density at radius 1 is 1.26 bits per heavy atom. The predicted molar refractivity (Wildman–Crippen MR) is 80.5 cm³/mol. The first kappa shape index (κ1) is 14.6. The predicted octanol–water partition coefficient (Wildman–Crippen LogP) is 1.69. The summed E-state index contributed by atoms with van der Waals surface area (Å²) >= 11 is 0. The minimum Gasteiger partial charge on any atom is -0.466 e. The molecule has 5 heteroatoms. The van der Waals surface area contributed by atoms with E-state index in [-0.39, 0.29) is 23.5 Å². The molecule has 1 aromatic rings. The fourth-order valence-electron chi connectivity index (χ4n) is 4.48. The number of benzene rings is 1. The summed E-state index contributed by atoms with van der Waals surface area (Å²) in [6, 6.07) is 9.83. The third-order valence-electron chi connectivity index (χ3n) is 5.44. The van der Waals surface area contributed by atoms with E-state index in [2.05, 4.69) is 0 Å². The van der Waals surface area contributed by atoms with Gasteiger partial charge in [-0.25, -0.2) is 4.79 Å². The Bertz CT molecular complexity index is 695. The number of hydrogen-bond donors (Lipinski definition) is 0. The summed E-state index contributed by atoms with van der Waals surface area (Å²) < 4.78 is 16.2. The van der Waals surface area contributed by atoms with Crippen LogP contribution in [0.1, 0.15) is 11.5 Å². The lowest BCUT2D eigenvalue weighted by atomic mass is 9.56. The van der Waals surface area contributed by atoms with Gasteiger partial charge < -0.3 is 14.2 Å². The number of Topliss-reactive ketones (excluding diaryl/α,β-unsaturated/α-hetero) is 1. The highest BCUT2D eigenvalue weighted by atomic mass is 16.7. The molecule has 1 aromatic carbocycles. The standard InChI is InChI=1S/C18H18O5/c1-21-17(20)11-8-13-12-9-23-18(13,22-2)16(19)15(11)14(12)10-6-4-3-5-7-10/h3-8,12-15H,9H2,1-2H3. The monoisotopic (exact) mass is 314 g/mol. The van der Waals surface area contributed by atoms with Crippen molar-refractivity contribution in [2.45, 2.75) is 11.7 Å². The summed E-state index contributed by atoms with van der Waals surface area (Å²) in [5, 5.41) is 0. The first-order chi connectivity index (χ1) is 11.1. The van der Waals surface area contributed by atoms with E-state index < -0.39 is 17.7 Å². The summed E-state index contributed by atoms with van der Waals surface area (Å²) in [6.45, 7) is 0.450. The average molecular weight is 314 g/mol. The van der Waals surface area contributed by atoms with E-state index in [1.54, 1.807) is 0 Å². The van der Waals surface area contributed by atoms with E-state index >= 15 is 0 Å². The third kappa shape index (κ3) is 1.75. The lowest BCUT2D eigenvalue weighted by Gasteiger charge is -2.48. The first-order valence-electron chi connectivity index (χ1n) is 7.72. The fourth-order valence-corrected chi connectivity index (χ4v) is 4.48. The van der Waals surface area contributed by atoms with Gasteiger partial charge in [0.1, 0.15) is 0 Å². The second kappa shape index (κ2) is 5.01. The molecule has 23 heavy (non-hydrogen) atoms. The maximum absolute atomic E-state index is 13.1. The van der Waals surface area contributed by atoms with Crippen LogP contribution in [0, 0.1) is 17.8 Å². The minimum absolute atomic E-state index is 0.0847. The second-order valence-electron chi connectivity index (χ2n) is 6.26. The number of ether oxygens (including phenoxy) is 3. The molecule has 1 saturated heterocycles. The smallest absolute Gasteiger partial charge is 0.334 e. The van der Waals surface area contributed by atoms with Crippen molar-refractivity contribution < 1.29 is 23.8 Å². The summed E-state index contributed by atoms with van der Waals surface area (Å²) in [5.41, 5.74) is 1.48. The lowest BCUT2D eigenvalue weighted by Crippen LogP contribution is -2.59. The molecular weight excluding hydrogens is 296 g/mol. The number of esters is 1. The average Bonchev–Trinajstić information content (AvgIpc) is 2.94. The van der Waals surface area contributed by atoms with Crippen molar-refractivity contribution in [3.63, 3.8) is 0 Å². The largest absolute Gasteiger partial charge is 0.466 e. The number of methoxy groups -OCH3 is 2. The molecule has 3 aliphatic carbocycles. The Balaban J connectivity index is 1.88. The second-order valence-corrected chi connectivity index (χ2v) is 6.26. The molecule has 5 rings (SSSR count). The molecule has 4 bridgehead atoms. The van der Waals surface area contributed by atoms with Gasteiger partial charge in [-0.15, -0.1) is 0 Å². The van der Waals surface area contributed by atoms with Crippen molar-refractivity contribution in [1.82, 2.24) is 0 Å². The van der Waals surface area contributed by atoms with Crippen molar-refractivity contribution in [1.29, 1.82) is 0 Å². The molecule has 1 aliphatic heterocycles. The van der Waals surface area contributed by atoms with E-state index in [0.717, 1.165) is 5.56 Å². The third-order valence-corrected chi connectivity index (χ3v) is 5.44. The van der Waals surface area contributed by atoms with Crippen molar-refractivity contribution in [3.05, 3.63) is 47.5 Å². The zero-order valence-electron chi connectivity index (χ0n) is 13.0. The summed E-state index contributed by atoms with van der Waals surface area (Å²) in [6.07, 6.45) is 1.83. The Labute approximate surface area is 134 Å². The van der Waals surface area contributed by atoms with Crippen LogP contribution in [-0.4, -0.2) is 38.4 Å². The van der Waals surface area contributed by atoms with Crippen LogP contribution in [0.4, 0.5) is 0 Å². The van der Waals surface area contributed by atoms with Crippen LogP contribution in [0.25, 0.3) is 0 Å². The van der Waals surface area contributed by atoms with Crippen LogP contribution in [0.5, 0.6) is 0 Å². The normalized spacial score (nSPS) is 37.7. The van der Waals surface area contributed by atoms with E-state index in [9.17, 15) is 9.59 Å². The van der Waals surface area contributed by atoms with Gasteiger partial charge in [0.2, 0.25) is 11.6 Å². The molecule has 0 amide bonds. The Hall–Kier alpha value is -1.98.